The van der Waals surface area contributed by atoms with E-state index in [0.717, 1.165) is 5.39 Å². The van der Waals surface area contributed by atoms with Gasteiger partial charge in [-0.1, -0.05) is 0 Å². The van der Waals surface area contributed by atoms with Crippen molar-refractivity contribution in [1.29, 1.82) is 0 Å². The number of hydrogen-bond acceptors (Lipinski definition) is 5. The first kappa shape index (κ1) is 11.4. The summed E-state index contributed by atoms with van der Waals surface area (Å²) < 4.78 is 18.4. The number of rotatable bonds is 2. The topological polar surface area (TPSA) is 89.7 Å². The van der Waals surface area contributed by atoms with Crippen LogP contribution in [0.5, 0.6) is 5.88 Å². The SMILES string of the molecule is COc1ncc(-c2nc(N)c3cc[nH]c3n2)cc1F. The molecule has 19 heavy (non-hydrogen) atoms. The zero-order valence-corrected chi connectivity index (χ0v) is 10.0. The van der Waals surface area contributed by atoms with E-state index < -0.39 is 5.82 Å². The van der Waals surface area contributed by atoms with Gasteiger partial charge in [0, 0.05) is 18.0 Å². The van der Waals surface area contributed by atoms with Crippen molar-refractivity contribution in [1.82, 2.24) is 19.9 Å². The lowest BCUT2D eigenvalue weighted by Crippen LogP contribution is -1.99. The molecule has 3 rings (SSSR count). The Balaban J connectivity index is 2.15. The number of H-pyrrole nitrogens is 1. The maximum Gasteiger partial charge on any atom is 0.250 e. The van der Waals surface area contributed by atoms with Crippen molar-refractivity contribution in [3.63, 3.8) is 0 Å². The molecule has 3 aromatic heterocycles. The summed E-state index contributed by atoms with van der Waals surface area (Å²) in [5.74, 6) is -0.00888. The third-order valence-corrected chi connectivity index (χ3v) is 2.70. The van der Waals surface area contributed by atoms with Crippen LogP contribution in [0, 0.1) is 5.82 Å². The van der Waals surface area contributed by atoms with Gasteiger partial charge in [-0.25, -0.2) is 19.3 Å². The van der Waals surface area contributed by atoms with Gasteiger partial charge in [0.25, 0.3) is 0 Å². The minimum Gasteiger partial charge on any atom is -0.479 e. The standard InChI is InChI=1S/C12H10FN5O/c1-19-12-8(13)4-6(5-16-12)10-17-9(14)7-2-3-15-11(7)18-10/h2-5H,1H3,(H3,14,15,17,18). The molecule has 0 saturated heterocycles. The minimum absolute atomic E-state index is 0.0716. The number of aromatic amines is 1. The molecule has 0 aliphatic rings. The fourth-order valence-corrected chi connectivity index (χ4v) is 1.79. The van der Waals surface area contributed by atoms with E-state index in [9.17, 15) is 4.39 Å². The second kappa shape index (κ2) is 4.20. The van der Waals surface area contributed by atoms with Gasteiger partial charge in [0.05, 0.1) is 12.5 Å². The summed E-state index contributed by atoms with van der Waals surface area (Å²) in [6.45, 7) is 0. The number of pyridine rings is 1. The number of nitrogens with zero attached hydrogens (tertiary/aromatic N) is 3. The molecular weight excluding hydrogens is 249 g/mol. The number of aromatic nitrogens is 4. The lowest BCUT2D eigenvalue weighted by atomic mass is 10.2. The van der Waals surface area contributed by atoms with Crippen molar-refractivity contribution >= 4 is 16.9 Å². The lowest BCUT2D eigenvalue weighted by Gasteiger charge is -2.04. The molecule has 0 amide bonds. The Kier molecular flexibility index (Phi) is 2.52. The summed E-state index contributed by atoms with van der Waals surface area (Å²) in [5, 5.41) is 0.727. The first-order valence-electron chi connectivity index (χ1n) is 5.49. The van der Waals surface area contributed by atoms with Crippen LogP contribution in [0.3, 0.4) is 0 Å². The number of hydrogen-bond donors (Lipinski definition) is 2. The molecule has 3 N–H and O–H groups in total. The summed E-state index contributed by atoms with van der Waals surface area (Å²) in [5.41, 5.74) is 6.85. The van der Waals surface area contributed by atoms with Gasteiger partial charge < -0.3 is 15.5 Å². The Hall–Kier alpha value is -2.70. The van der Waals surface area contributed by atoms with Crippen molar-refractivity contribution in [2.75, 3.05) is 12.8 Å². The number of halogens is 1. The number of nitrogens with two attached hydrogens (primary N) is 1. The maximum absolute atomic E-state index is 13.6. The molecule has 0 unspecified atom stereocenters. The molecule has 0 spiro atoms. The van der Waals surface area contributed by atoms with Crippen LogP contribution in [-0.2, 0) is 0 Å². The lowest BCUT2D eigenvalue weighted by molar-refractivity contribution is 0.369. The fourth-order valence-electron chi connectivity index (χ4n) is 1.79. The highest BCUT2D eigenvalue weighted by molar-refractivity contribution is 5.87. The van der Waals surface area contributed by atoms with Crippen LogP contribution in [0.4, 0.5) is 10.2 Å². The predicted molar refractivity (Wildman–Crippen MR) is 68.0 cm³/mol. The molecule has 0 atom stereocenters. The van der Waals surface area contributed by atoms with Crippen LogP contribution in [-0.4, -0.2) is 27.0 Å². The highest BCUT2D eigenvalue weighted by Gasteiger charge is 2.11. The van der Waals surface area contributed by atoms with E-state index in [-0.39, 0.29) is 5.88 Å². The Bertz CT molecular complexity index is 755. The van der Waals surface area contributed by atoms with Crippen molar-refractivity contribution < 1.29 is 9.13 Å². The summed E-state index contributed by atoms with van der Waals surface area (Å²) in [4.78, 5) is 15.2. The van der Waals surface area contributed by atoms with E-state index in [1.807, 2.05) is 0 Å². The number of nitrogens with one attached hydrogen (secondary N) is 1. The number of anilines is 1. The first-order valence-corrected chi connectivity index (χ1v) is 5.49. The molecule has 0 saturated carbocycles. The molecule has 0 bridgehead atoms. The molecule has 7 heteroatoms. The van der Waals surface area contributed by atoms with Gasteiger partial charge in [0.15, 0.2) is 11.6 Å². The molecule has 96 valence electrons. The summed E-state index contributed by atoms with van der Waals surface area (Å²) in [6, 6.07) is 3.04. The third kappa shape index (κ3) is 1.85. The monoisotopic (exact) mass is 259 g/mol. The van der Waals surface area contributed by atoms with Crippen molar-refractivity contribution in [3.8, 4) is 17.3 Å². The van der Waals surface area contributed by atoms with Gasteiger partial charge in [0.2, 0.25) is 5.88 Å². The normalized spacial score (nSPS) is 10.8. The number of ether oxygens (including phenoxy) is 1. The van der Waals surface area contributed by atoms with Gasteiger partial charge in [-0.15, -0.1) is 0 Å². The fraction of sp³-hybridized carbons (Fsp3) is 0.0833. The third-order valence-electron chi connectivity index (χ3n) is 2.70. The van der Waals surface area contributed by atoms with Crippen molar-refractivity contribution in [3.05, 3.63) is 30.3 Å². The molecule has 3 heterocycles. The average Bonchev–Trinajstić information content (AvgIpc) is 2.87. The van der Waals surface area contributed by atoms with Gasteiger partial charge >= 0.3 is 0 Å². The first-order chi connectivity index (χ1) is 9.19. The highest BCUT2D eigenvalue weighted by atomic mass is 19.1. The van der Waals surface area contributed by atoms with Crippen molar-refractivity contribution in [2.45, 2.75) is 0 Å². The van der Waals surface area contributed by atoms with E-state index in [0.29, 0.717) is 22.9 Å². The van der Waals surface area contributed by atoms with Crippen LogP contribution < -0.4 is 10.5 Å². The Morgan fingerprint density at radius 3 is 2.95 bits per heavy atom. The van der Waals surface area contributed by atoms with Crippen LogP contribution in [0.15, 0.2) is 24.5 Å². The highest BCUT2D eigenvalue weighted by Crippen LogP contribution is 2.24. The maximum atomic E-state index is 13.6. The molecule has 0 aromatic carbocycles. The Morgan fingerprint density at radius 1 is 1.37 bits per heavy atom. The summed E-state index contributed by atoms with van der Waals surface area (Å²) in [7, 11) is 1.35. The molecule has 6 nitrogen and oxygen atoms in total. The smallest absolute Gasteiger partial charge is 0.250 e. The molecular formula is C12H10FN5O. The molecule has 3 aromatic rings. The summed E-state index contributed by atoms with van der Waals surface area (Å²) in [6.07, 6.45) is 3.15. The molecule has 0 fully saturated rings. The number of methoxy groups -OCH3 is 1. The van der Waals surface area contributed by atoms with Gasteiger partial charge in [-0.2, -0.15) is 0 Å². The van der Waals surface area contributed by atoms with E-state index in [4.69, 9.17) is 10.5 Å². The largest absolute Gasteiger partial charge is 0.479 e. The van der Waals surface area contributed by atoms with Gasteiger partial charge in [0.1, 0.15) is 11.5 Å². The minimum atomic E-state index is -0.575. The summed E-state index contributed by atoms with van der Waals surface area (Å²) >= 11 is 0. The predicted octanol–water partition coefficient (Wildman–Crippen LogP) is 1.75. The Labute approximate surface area is 107 Å². The van der Waals surface area contributed by atoms with Crippen LogP contribution in [0.1, 0.15) is 0 Å². The van der Waals surface area contributed by atoms with Crippen LogP contribution in [0.25, 0.3) is 22.4 Å². The van der Waals surface area contributed by atoms with Gasteiger partial charge in [-0.05, 0) is 12.1 Å². The molecule has 0 radical (unpaired) electrons. The zero-order chi connectivity index (χ0) is 13.4. The quantitative estimate of drug-likeness (QED) is 0.731. The Morgan fingerprint density at radius 2 is 2.21 bits per heavy atom. The zero-order valence-electron chi connectivity index (χ0n) is 10.0. The second-order valence-corrected chi connectivity index (χ2v) is 3.89. The molecule has 0 aliphatic carbocycles. The average molecular weight is 259 g/mol. The number of fused-ring (bicyclic) bond motifs is 1. The van der Waals surface area contributed by atoms with E-state index in [1.54, 1.807) is 12.3 Å². The van der Waals surface area contributed by atoms with Crippen molar-refractivity contribution in [2.24, 2.45) is 0 Å². The van der Waals surface area contributed by atoms with E-state index in [1.165, 1.54) is 19.4 Å². The van der Waals surface area contributed by atoms with Crippen LogP contribution >= 0.6 is 0 Å². The van der Waals surface area contributed by atoms with Gasteiger partial charge in [-0.3, -0.25) is 0 Å². The molecule has 0 aliphatic heterocycles. The van der Waals surface area contributed by atoms with E-state index >= 15 is 0 Å². The van der Waals surface area contributed by atoms with Crippen LogP contribution in [0.2, 0.25) is 0 Å². The number of nitrogen functional groups attached to an aromatic ring is 1. The second-order valence-electron chi connectivity index (χ2n) is 3.89. The van der Waals surface area contributed by atoms with E-state index in [2.05, 4.69) is 19.9 Å².